The first-order chi connectivity index (χ1) is 11.9. The molecule has 6 nitrogen and oxygen atoms in total. The second-order valence-electron chi connectivity index (χ2n) is 5.41. The van der Waals surface area contributed by atoms with Crippen LogP contribution in [0.1, 0.15) is 5.56 Å². The van der Waals surface area contributed by atoms with Crippen LogP contribution >= 0.6 is 0 Å². The van der Waals surface area contributed by atoms with Gasteiger partial charge in [0.2, 0.25) is 0 Å². The van der Waals surface area contributed by atoms with Gasteiger partial charge in [-0.1, -0.05) is 30.3 Å². The number of epoxide rings is 1. The minimum Gasteiger partial charge on any atom is -0.377 e. The quantitative estimate of drug-likeness (QED) is 0.337. The first kappa shape index (κ1) is 19.3. The van der Waals surface area contributed by atoms with Crippen molar-refractivity contribution in [2.45, 2.75) is 12.7 Å². The van der Waals surface area contributed by atoms with Gasteiger partial charge in [0.15, 0.2) is 0 Å². The SMILES string of the molecule is c1ccc(COCCOCCOCCOCCOC[C@H]2CO2)cc1. The Labute approximate surface area is 143 Å². The van der Waals surface area contributed by atoms with Crippen molar-refractivity contribution in [2.75, 3.05) is 66.1 Å². The van der Waals surface area contributed by atoms with Gasteiger partial charge in [0.1, 0.15) is 6.10 Å². The third kappa shape index (κ3) is 10.7. The van der Waals surface area contributed by atoms with Crippen molar-refractivity contribution < 1.29 is 28.4 Å². The molecule has 1 aliphatic rings. The van der Waals surface area contributed by atoms with Crippen molar-refractivity contribution in [3.8, 4) is 0 Å². The van der Waals surface area contributed by atoms with Crippen molar-refractivity contribution in [2.24, 2.45) is 0 Å². The maximum absolute atomic E-state index is 5.52. The van der Waals surface area contributed by atoms with Gasteiger partial charge in [-0.05, 0) is 5.56 Å². The topological polar surface area (TPSA) is 58.7 Å². The van der Waals surface area contributed by atoms with Gasteiger partial charge < -0.3 is 28.4 Å². The van der Waals surface area contributed by atoms with Gasteiger partial charge in [-0.3, -0.25) is 0 Å². The van der Waals surface area contributed by atoms with Crippen LogP contribution in [-0.4, -0.2) is 72.2 Å². The van der Waals surface area contributed by atoms with Crippen LogP contribution in [0.5, 0.6) is 0 Å². The van der Waals surface area contributed by atoms with Gasteiger partial charge in [-0.25, -0.2) is 0 Å². The van der Waals surface area contributed by atoms with Gasteiger partial charge in [-0.2, -0.15) is 0 Å². The Morgan fingerprint density at radius 2 is 1.21 bits per heavy atom. The van der Waals surface area contributed by atoms with Crippen LogP contribution in [0.25, 0.3) is 0 Å². The average molecular weight is 340 g/mol. The van der Waals surface area contributed by atoms with E-state index < -0.39 is 0 Å². The van der Waals surface area contributed by atoms with Crippen molar-refractivity contribution in [1.29, 1.82) is 0 Å². The lowest BCUT2D eigenvalue weighted by atomic mass is 10.2. The maximum atomic E-state index is 5.52. The molecule has 0 saturated carbocycles. The fraction of sp³-hybridized carbons (Fsp3) is 0.667. The summed E-state index contributed by atoms with van der Waals surface area (Å²) in [6.45, 7) is 6.76. The maximum Gasteiger partial charge on any atom is 0.104 e. The summed E-state index contributed by atoms with van der Waals surface area (Å²) in [6, 6.07) is 10.1. The standard InChI is InChI=1S/C18H28O6/c1-2-4-17(5-3-1)14-22-12-10-20-8-6-19-7-9-21-11-13-23-15-18-16-24-18/h1-5,18H,6-16H2/t18-/m0/s1. The van der Waals surface area contributed by atoms with Gasteiger partial charge in [0.25, 0.3) is 0 Å². The molecule has 0 spiro atoms. The molecule has 0 unspecified atom stereocenters. The second-order valence-corrected chi connectivity index (χ2v) is 5.41. The number of ether oxygens (including phenoxy) is 6. The molecule has 0 aromatic heterocycles. The van der Waals surface area contributed by atoms with Crippen LogP contribution in [0.4, 0.5) is 0 Å². The molecule has 136 valence electrons. The summed E-state index contributed by atoms with van der Waals surface area (Å²) in [5.74, 6) is 0. The minimum absolute atomic E-state index is 0.317. The normalized spacial score (nSPS) is 16.4. The second kappa shape index (κ2) is 13.3. The number of benzene rings is 1. The molecule has 1 aliphatic heterocycles. The summed E-state index contributed by atoms with van der Waals surface area (Å²) in [4.78, 5) is 0. The van der Waals surface area contributed by atoms with E-state index >= 15 is 0 Å². The molecule has 6 heteroatoms. The molecule has 0 amide bonds. The van der Waals surface area contributed by atoms with E-state index in [1.54, 1.807) is 0 Å². The predicted octanol–water partition coefficient (Wildman–Crippen LogP) is 1.67. The van der Waals surface area contributed by atoms with Crippen LogP contribution in [-0.2, 0) is 35.0 Å². The van der Waals surface area contributed by atoms with E-state index in [1.807, 2.05) is 30.3 Å². The number of hydrogen-bond acceptors (Lipinski definition) is 6. The molecule has 0 radical (unpaired) electrons. The lowest BCUT2D eigenvalue weighted by Gasteiger charge is -2.07. The lowest BCUT2D eigenvalue weighted by Crippen LogP contribution is -2.13. The Hall–Kier alpha value is -1.02. The third-order valence-corrected chi connectivity index (χ3v) is 3.31. The largest absolute Gasteiger partial charge is 0.377 e. The molecule has 1 fully saturated rings. The van der Waals surface area contributed by atoms with E-state index in [1.165, 1.54) is 5.56 Å². The minimum atomic E-state index is 0.317. The van der Waals surface area contributed by atoms with Gasteiger partial charge >= 0.3 is 0 Å². The summed E-state index contributed by atoms with van der Waals surface area (Å²) in [7, 11) is 0. The van der Waals surface area contributed by atoms with Gasteiger partial charge in [0.05, 0.1) is 72.7 Å². The zero-order chi connectivity index (χ0) is 16.7. The average Bonchev–Trinajstić information content (AvgIpc) is 3.43. The molecule has 0 aliphatic carbocycles. The highest BCUT2D eigenvalue weighted by molar-refractivity contribution is 5.13. The molecule has 1 saturated heterocycles. The predicted molar refractivity (Wildman–Crippen MR) is 89.1 cm³/mol. The molecule has 1 aromatic rings. The third-order valence-electron chi connectivity index (χ3n) is 3.31. The fourth-order valence-electron chi connectivity index (χ4n) is 1.92. The highest BCUT2D eigenvalue weighted by atomic mass is 16.6. The van der Waals surface area contributed by atoms with Crippen molar-refractivity contribution >= 4 is 0 Å². The highest BCUT2D eigenvalue weighted by Gasteiger charge is 2.21. The Morgan fingerprint density at radius 1 is 0.708 bits per heavy atom. The molecule has 1 atom stereocenters. The van der Waals surface area contributed by atoms with E-state index in [2.05, 4.69) is 0 Å². The van der Waals surface area contributed by atoms with Gasteiger partial charge in [-0.15, -0.1) is 0 Å². The smallest absolute Gasteiger partial charge is 0.104 e. The van der Waals surface area contributed by atoms with Crippen LogP contribution < -0.4 is 0 Å². The van der Waals surface area contributed by atoms with Crippen LogP contribution in [0.15, 0.2) is 30.3 Å². The zero-order valence-electron chi connectivity index (χ0n) is 14.2. The Kier molecular flexibility index (Phi) is 10.7. The van der Waals surface area contributed by atoms with Crippen LogP contribution in [0, 0.1) is 0 Å². The zero-order valence-corrected chi connectivity index (χ0v) is 14.2. The van der Waals surface area contributed by atoms with E-state index in [0.717, 1.165) is 6.61 Å². The summed E-state index contributed by atoms with van der Waals surface area (Å²) >= 11 is 0. The summed E-state index contributed by atoms with van der Waals surface area (Å²) in [5.41, 5.74) is 1.17. The lowest BCUT2D eigenvalue weighted by molar-refractivity contribution is -0.0132. The summed E-state index contributed by atoms with van der Waals surface area (Å²) in [5, 5.41) is 0. The molecule has 24 heavy (non-hydrogen) atoms. The monoisotopic (exact) mass is 340 g/mol. The Balaban J connectivity index is 1.23. The molecule has 2 rings (SSSR count). The van der Waals surface area contributed by atoms with Crippen molar-refractivity contribution in [1.82, 2.24) is 0 Å². The first-order valence-corrected chi connectivity index (χ1v) is 8.49. The molecular formula is C18H28O6. The molecule has 0 N–H and O–H groups in total. The fourth-order valence-corrected chi connectivity index (χ4v) is 1.92. The van der Waals surface area contributed by atoms with Crippen LogP contribution in [0.3, 0.4) is 0 Å². The number of hydrogen-bond donors (Lipinski definition) is 0. The van der Waals surface area contributed by atoms with Crippen molar-refractivity contribution in [3.05, 3.63) is 35.9 Å². The van der Waals surface area contributed by atoms with E-state index in [-0.39, 0.29) is 0 Å². The number of rotatable bonds is 16. The molecule has 1 heterocycles. The molecule has 1 aromatic carbocycles. The Bertz CT molecular complexity index is 396. The summed E-state index contributed by atoms with van der Waals surface area (Å²) in [6.07, 6.45) is 0.317. The van der Waals surface area contributed by atoms with Crippen LogP contribution in [0.2, 0.25) is 0 Å². The van der Waals surface area contributed by atoms with E-state index in [9.17, 15) is 0 Å². The van der Waals surface area contributed by atoms with E-state index in [4.69, 9.17) is 28.4 Å². The first-order valence-electron chi connectivity index (χ1n) is 8.49. The van der Waals surface area contributed by atoms with Gasteiger partial charge in [0, 0.05) is 0 Å². The van der Waals surface area contributed by atoms with Crippen molar-refractivity contribution in [3.63, 3.8) is 0 Å². The summed E-state index contributed by atoms with van der Waals surface area (Å²) < 4.78 is 32.2. The molecule has 0 bridgehead atoms. The Morgan fingerprint density at radius 3 is 1.75 bits per heavy atom. The highest BCUT2D eigenvalue weighted by Crippen LogP contribution is 2.07. The van der Waals surface area contributed by atoms with E-state index in [0.29, 0.717) is 72.2 Å². The molecular weight excluding hydrogens is 312 g/mol.